The average molecular weight is 316 g/mol. The lowest BCUT2D eigenvalue weighted by atomic mass is 10.1. The van der Waals surface area contributed by atoms with Crippen molar-refractivity contribution in [2.24, 2.45) is 0 Å². The van der Waals surface area contributed by atoms with Gasteiger partial charge in [-0.1, -0.05) is 17.7 Å². The van der Waals surface area contributed by atoms with Crippen molar-refractivity contribution >= 4 is 28.4 Å². The van der Waals surface area contributed by atoms with Crippen LogP contribution in [0.4, 0.5) is 0 Å². The van der Waals surface area contributed by atoms with Gasteiger partial charge in [0.05, 0.1) is 6.10 Å². The van der Waals surface area contributed by atoms with Gasteiger partial charge < -0.3 is 15.4 Å². The predicted molar refractivity (Wildman–Crippen MR) is 84.8 cm³/mol. The highest BCUT2D eigenvalue weighted by atomic mass is 35.5. The van der Waals surface area contributed by atoms with E-state index in [0.717, 1.165) is 10.9 Å². The van der Waals surface area contributed by atoms with E-state index in [1.165, 1.54) is 0 Å². The number of H-pyrrole nitrogens is 1. The van der Waals surface area contributed by atoms with Crippen LogP contribution in [-0.4, -0.2) is 27.5 Å². The summed E-state index contributed by atoms with van der Waals surface area (Å²) in [5, 5.41) is 14.2. The van der Waals surface area contributed by atoms with Gasteiger partial charge in [0, 0.05) is 40.4 Å². The Morgan fingerprint density at radius 3 is 3.00 bits per heavy atom. The van der Waals surface area contributed by atoms with E-state index in [2.05, 4.69) is 15.3 Å². The van der Waals surface area contributed by atoms with E-state index in [1.807, 2.05) is 6.07 Å². The monoisotopic (exact) mass is 315 g/mol. The van der Waals surface area contributed by atoms with Crippen molar-refractivity contribution in [2.75, 3.05) is 6.54 Å². The molecule has 6 heteroatoms. The number of halogens is 1. The Balaban J connectivity index is 1.68. The maximum Gasteiger partial charge on any atom is 0.267 e. The van der Waals surface area contributed by atoms with Crippen molar-refractivity contribution in [3.8, 4) is 0 Å². The quantitative estimate of drug-likeness (QED) is 0.692. The molecule has 0 aliphatic heterocycles. The Hall–Kier alpha value is -2.37. The predicted octanol–water partition coefficient (Wildman–Crippen LogP) is 2.68. The summed E-state index contributed by atoms with van der Waals surface area (Å²) in [5.41, 5.74) is 1.92. The molecule has 2 heterocycles. The van der Waals surface area contributed by atoms with Crippen LogP contribution in [0.1, 0.15) is 22.2 Å². The number of nitrogens with one attached hydrogen (secondary N) is 2. The van der Waals surface area contributed by atoms with Gasteiger partial charge in [0.2, 0.25) is 0 Å². The zero-order valence-electron chi connectivity index (χ0n) is 11.6. The van der Waals surface area contributed by atoms with E-state index in [-0.39, 0.29) is 12.5 Å². The van der Waals surface area contributed by atoms with Crippen LogP contribution in [0.25, 0.3) is 10.9 Å². The van der Waals surface area contributed by atoms with Crippen molar-refractivity contribution in [1.29, 1.82) is 0 Å². The first-order valence-electron chi connectivity index (χ1n) is 6.78. The lowest BCUT2D eigenvalue weighted by Gasteiger charge is -2.11. The number of fused-ring (bicyclic) bond motifs is 1. The minimum atomic E-state index is -0.795. The first-order valence-corrected chi connectivity index (χ1v) is 7.16. The average Bonchev–Trinajstić information content (AvgIpc) is 2.96. The Morgan fingerprint density at radius 2 is 2.23 bits per heavy atom. The van der Waals surface area contributed by atoms with Gasteiger partial charge in [0.1, 0.15) is 5.69 Å². The number of benzene rings is 1. The maximum absolute atomic E-state index is 12.1. The topological polar surface area (TPSA) is 78.0 Å². The number of nitrogens with zero attached hydrogens (tertiary/aromatic N) is 1. The third-order valence-corrected chi connectivity index (χ3v) is 3.59. The molecule has 0 radical (unpaired) electrons. The third kappa shape index (κ3) is 3.10. The highest BCUT2D eigenvalue weighted by molar-refractivity contribution is 6.31. The Kier molecular flexibility index (Phi) is 4.09. The molecule has 22 heavy (non-hydrogen) atoms. The summed E-state index contributed by atoms with van der Waals surface area (Å²) in [6, 6.07) is 10.6. The van der Waals surface area contributed by atoms with E-state index >= 15 is 0 Å². The Morgan fingerprint density at radius 1 is 1.36 bits per heavy atom. The Labute approximate surface area is 132 Å². The summed E-state index contributed by atoms with van der Waals surface area (Å²) in [6.07, 6.45) is 2.41. The molecule has 2 aromatic heterocycles. The fraction of sp³-hybridized carbons (Fsp3) is 0.125. The molecule has 5 nitrogen and oxygen atoms in total. The molecular formula is C16H14ClN3O2. The minimum absolute atomic E-state index is 0.112. The van der Waals surface area contributed by atoms with E-state index in [9.17, 15) is 9.90 Å². The van der Waals surface area contributed by atoms with Crippen LogP contribution in [0.2, 0.25) is 5.02 Å². The zero-order chi connectivity index (χ0) is 15.5. The molecule has 1 aromatic carbocycles. The molecule has 1 amide bonds. The van der Waals surface area contributed by atoms with Gasteiger partial charge in [-0.3, -0.25) is 9.78 Å². The summed E-state index contributed by atoms with van der Waals surface area (Å²) >= 11 is 5.92. The normalized spacial score (nSPS) is 12.3. The smallest absolute Gasteiger partial charge is 0.267 e. The molecule has 0 fully saturated rings. The maximum atomic E-state index is 12.1. The second-order valence-corrected chi connectivity index (χ2v) is 5.36. The van der Waals surface area contributed by atoms with Gasteiger partial charge in [-0.25, -0.2) is 0 Å². The molecule has 3 N–H and O–H groups in total. The highest BCUT2D eigenvalue weighted by Crippen LogP contribution is 2.20. The summed E-state index contributed by atoms with van der Waals surface area (Å²) in [4.78, 5) is 19.1. The van der Waals surface area contributed by atoms with Crippen molar-refractivity contribution in [2.45, 2.75) is 6.10 Å². The van der Waals surface area contributed by atoms with Crippen LogP contribution in [-0.2, 0) is 0 Å². The molecule has 0 spiro atoms. The van der Waals surface area contributed by atoms with Crippen LogP contribution in [0, 0.1) is 0 Å². The van der Waals surface area contributed by atoms with E-state index in [1.54, 1.807) is 42.7 Å². The number of amides is 1. The fourth-order valence-electron chi connectivity index (χ4n) is 2.20. The second-order valence-electron chi connectivity index (χ2n) is 4.93. The molecule has 3 rings (SSSR count). The number of aliphatic hydroxyl groups excluding tert-OH is 1. The number of hydrogen-bond donors (Lipinski definition) is 3. The molecule has 0 bridgehead atoms. The van der Waals surface area contributed by atoms with E-state index < -0.39 is 6.10 Å². The number of carbonyl (C=O) groups is 1. The standard InChI is InChI=1S/C16H14ClN3O2/c17-12-3-4-13-11(6-12)7-14(20-13)16(22)19-9-15(21)10-2-1-5-18-8-10/h1-8,15,20-21H,9H2,(H,19,22). The van der Waals surface area contributed by atoms with Gasteiger partial charge in [0.15, 0.2) is 0 Å². The third-order valence-electron chi connectivity index (χ3n) is 3.35. The molecule has 112 valence electrons. The summed E-state index contributed by atoms with van der Waals surface area (Å²) in [5.74, 6) is -0.282. The van der Waals surface area contributed by atoms with Gasteiger partial charge in [-0.05, 0) is 30.3 Å². The van der Waals surface area contributed by atoms with Gasteiger partial charge >= 0.3 is 0 Å². The first kappa shape index (κ1) is 14.6. The number of hydrogen-bond acceptors (Lipinski definition) is 3. The molecular weight excluding hydrogens is 302 g/mol. The van der Waals surface area contributed by atoms with Crippen molar-refractivity contribution in [3.63, 3.8) is 0 Å². The van der Waals surface area contributed by atoms with Crippen LogP contribution in [0.3, 0.4) is 0 Å². The molecule has 1 unspecified atom stereocenters. The molecule has 0 aliphatic carbocycles. The highest BCUT2D eigenvalue weighted by Gasteiger charge is 2.13. The number of aromatic amines is 1. The van der Waals surface area contributed by atoms with Crippen LogP contribution < -0.4 is 5.32 Å². The Bertz CT molecular complexity index is 802. The number of carbonyl (C=O) groups excluding carboxylic acids is 1. The van der Waals surface area contributed by atoms with Crippen molar-refractivity contribution in [3.05, 3.63) is 65.1 Å². The summed E-state index contributed by atoms with van der Waals surface area (Å²) in [6.45, 7) is 0.112. The SMILES string of the molecule is O=C(NCC(O)c1cccnc1)c1cc2cc(Cl)ccc2[nH]1. The van der Waals surface area contributed by atoms with E-state index in [0.29, 0.717) is 16.3 Å². The molecule has 0 saturated carbocycles. The van der Waals surface area contributed by atoms with Gasteiger partial charge in [-0.15, -0.1) is 0 Å². The number of rotatable bonds is 4. The first-order chi connectivity index (χ1) is 10.6. The number of pyridine rings is 1. The van der Waals surface area contributed by atoms with Gasteiger partial charge in [0.25, 0.3) is 5.91 Å². The van der Waals surface area contributed by atoms with Gasteiger partial charge in [-0.2, -0.15) is 0 Å². The van der Waals surface area contributed by atoms with Crippen LogP contribution in [0.15, 0.2) is 48.8 Å². The van der Waals surface area contributed by atoms with Crippen LogP contribution in [0.5, 0.6) is 0 Å². The summed E-state index contributed by atoms with van der Waals surface area (Å²) < 4.78 is 0. The zero-order valence-corrected chi connectivity index (χ0v) is 12.3. The van der Waals surface area contributed by atoms with E-state index in [4.69, 9.17) is 11.6 Å². The van der Waals surface area contributed by atoms with Crippen molar-refractivity contribution in [1.82, 2.24) is 15.3 Å². The molecule has 0 aliphatic rings. The number of aromatic nitrogens is 2. The minimum Gasteiger partial charge on any atom is -0.387 e. The lowest BCUT2D eigenvalue weighted by Crippen LogP contribution is -2.28. The lowest BCUT2D eigenvalue weighted by molar-refractivity contribution is 0.0912. The summed E-state index contributed by atoms with van der Waals surface area (Å²) in [7, 11) is 0. The van der Waals surface area contributed by atoms with Crippen LogP contribution >= 0.6 is 11.6 Å². The molecule has 1 atom stereocenters. The largest absolute Gasteiger partial charge is 0.387 e. The van der Waals surface area contributed by atoms with Crippen molar-refractivity contribution < 1.29 is 9.90 Å². The fourth-order valence-corrected chi connectivity index (χ4v) is 2.38. The molecule has 3 aromatic rings. The number of aliphatic hydroxyl groups is 1. The second kappa shape index (κ2) is 6.17. The molecule has 0 saturated heterocycles.